The van der Waals surface area contributed by atoms with E-state index in [4.69, 9.17) is 0 Å². The highest BCUT2D eigenvalue weighted by Gasteiger charge is 2.35. The van der Waals surface area contributed by atoms with Crippen LogP contribution in [0.25, 0.3) is 0 Å². The Labute approximate surface area is 191 Å². The molecule has 0 N–H and O–H groups in total. The summed E-state index contributed by atoms with van der Waals surface area (Å²) in [4.78, 5) is 55.1. The molecule has 0 bridgehead atoms. The number of hydrogen-bond donors (Lipinski definition) is 0. The van der Waals surface area contributed by atoms with E-state index in [1.165, 1.54) is 4.90 Å². The number of aryl methyl sites for hydroxylation is 2. The van der Waals surface area contributed by atoms with Crippen LogP contribution in [0.3, 0.4) is 0 Å². The zero-order valence-corrected chi connectivity index (χ0v) is 18.5. The Kier molecular flexibility index (Phi) is 5.70. The molecule has 1 fully saturated rings. The predicted molar refractivity (Wildman–Crippen MR) is 119 cm³/mol. The molecule has 4 heterocycles. The summed E-state index contributed by atoms with van der Waals surface area (Å²) in [6.07, 6.45) is 3.87. The van der Waals surface area contributed by atoms with Crippen LogP contribution in [0.15, 0.2) is 30.3 Å². The van der Waals surface area contributed by atoms with E-state index in [0.29, 0.717) is 49.4 Å². The number of imide groups is 1. The molecule has 0 atom stereocenters. The fraction of sp³-hybridized carbons (Fsp3) is 0.458. The molecule has 0 unspecified atom stereocenters. The maximum Gasteiger partial charge on any atom is 0.274 e. The van der Waals surface area contributed by atoms with Crippen molar-refractivity contribution in [2.45, 2.75) is 38.6 Å². The highest BCUT2D eigenvalue weighted by molar-refractivity contribution is 6.21. The summed E-state index contributed by atoms with van der Waals surface area (Å²) < 4.78 is 1.94. The lowest BCUT2D eigenvalue weighted by Gasteiger charge is -2.34. The molecule has 0 saturated carbocycles. The van der Waals surface area contributed by atoms with E-state index in [9.17, 15) is 19.2 Å². The Bertz CT molecular complexity index is 1060. The van der Waals surface area contributed by atoms with Gasteiger partial charge in [-0.1, -0.05) is 12.1 Å². The van der Waals surface area contributed by atoms with Gasteiger partial charge in [0.1, 0.15) is 0 Å². The Morgan fingerprint density at radius 1 is 0.879 bits per heavy atom. The summed E-state index contributed by atoms with van der Waals surface area (Å²) >= 11 is 0. The highest BCUT2D eigenvalue weighted by atomic mass is 16.2. The van der Waals surface area contributed by atoms with Gasteiger partial charge in [0, 0.05) is 51.4 Å². The van der Waals surface area contributed by atoms with Crippen molar-refractivity contribution in [2.24, 2.45) is 0 Å². The van der Waals surface area contributed by atoms with Crippen LogP contribution in [0.1, 0.15) is 62.6 Å². The molecule has 1 saturated heterocycles. The Hall–Kier alpha value is -3.49. The van der Waals surface area contributed by atoms with Crippen LogP contribution < -0.4 is 0 Å². The van der Waals surface area contributed by atoms with Crippen molar-refractivity contribution in [3.63, 3.8) is 0 Å². The minimum absolute atomic E-state index is 0.0174. The Morgan fingerprint density at radius 3 is 2.21 bits per heavy atom. The van der Waals surface area contributed by atoms with Gasteiger partial charge in [0.2, 0.25) is 5.91 Å². The first-order valence-corrected chi connectivity index (χ1v) is 11.6. The quantitative estimate of drug-likeness (QED) is 0.646. The summed E-state index contributed by atoms with van der Waals surface area (Å²) in [5.41, 5.74) is 2.46. The number of carbonyl (C=O) groups excluding carboxylic acids is 4. The van der Waals surface area contributed by atoms with Gasteiger partial charge < -0.3 is 9.80 Å². The first-order valence-electron chi connectivity index (χ1n) is 11.6. The molecule has 33 heavy (non-hydrogen) atoms. The van der Waals surface area contributed by atoms with Crippen LogP contribution in [0.5, 0.6) is 0 Å². The van der Waals surface area contributed by atoms with Gasteiger partial charge in [-0.2, -0.15) is 5.10 Å². The van der Waals surface area contributed by atoms with E-state index in [0.717, 1.165) is 31.5 Å². The SMILES string of the molecule is O=C(CCCN1C(=O)c2ccccc2C1=O)N1CCN(C(=O)c2cc3n(n2)CCCC3)CC1. The zero-order chi connectivity index (χ0) is 22.9. The lowest BCUT2D eigenvalue weighted by atomic mass is 10.1. The monoisotopic (exact) mass is 449 g/mol. The maximum atomic E-state index is 12.8. The van der Waals surface area contributed by atoms with Crippen LogP contribution >= 0.6 is 0 Å². The second kappa shape index (κ2) is 8.80. The molecule has 9 heteroatoms. The first kappa shape index (κ1) is 21.4. The lowest BCUT2D eigenvalue weighted by Crippen LogP contribution is -2.50. The number of nitrogens with zero attached hydrogens (tertiary/aromatic N) is 5. The van der Waals surface area contributed by atoms with E-state index >= 15 is 0 Å². The smallest absolute Gasteiger partial charge is 0.274 e. The standard InChI is InChI=1S/C24H27N5O4/c30-21(9-5-10-28-22(31)18-7-1-2-8-19(18)23(28)32)26-12-14-27(15-13-26)24(33)20-16-17-6-3-4-11-29(17)25-20/h1-2,7-8,16H,3-6,9-15H2. The van der Waals surface area contributed by atoms with Crippen molar-refractivity contribution in [3.05, 3.63) is 52.8 Å². The second-order valence-electron chi connectivity index (χ2n) is 8.79. The van der Waals surface area contributed by atoms with Gasteiger partial charge in [-0.25, -0.2) is 0 Å². The van der Waals surface area contributed by atoms with Crippen LogP contribution in [0, 0.1) is 0 Å². The van der Waals surface area contributed by atoms with Gasteiger partial charge in [0.15, 0.2) is 5.69 Å². The molecule has 3 aliphatic rings. The van der Waals surface area contributed by atoms with Crippen LogP contribution in [0.4, 0.5) is 0 Å². The second-order valence-corrected chi connectivity index (χ2v) is 8.79. The van der Waals surface area contributed by atoms with Crippen molar-refractivity contribution >= 4 is 23.6 Å². The summed E-state index contributed by atoms with van der Waals surface area (Å²) in [7, 11) is 0. The third kappa shape index (κ3) is 4.03. The molecular weight excluding hydrogens is 422 g/mol. The van der Waals surface area contributed by atoms with Gasteiger partial charge in [-0.3, -0.25) is 28.8 Å². The van der Waals surface area contributed by atoms with Gasteiger partial charge in [0.05, 0.1) is 11.1 Å². The molecule has 2 aromatic rings. The summed E-state index contributed by atoms with van der Waals surface area (Å²) in [5, 5.41) is 4.47. The van der Waals surface area contributed by atoms with Gasteiger partial charge in [0.25, 0.3) is 17.7 Å². The van der Waals surface area contributed by atoms with Crippen molar-refractivity contribution in [1.82, 2.24) is 24.5 Å². The van der Waals surface area contributed by atoms with Gasteiger partial charge in [-0.05, 0) is 43.9 Å². The fourth-order valence-corrected chi connectivity index (χ4v) is 4.83. The van der Waals surface area contributed by atoms with E-state index < -0.39 is 0 Å². The Morgan fingerprint density at radius 2 is 1.55 bits per heavy atom. The van der Waals surface area contributed by atoms with Crippen LogP contribution in [0.2, 0.25) is 0 Å². The van der Waals surface area contributed by atoms with Crippen LogP contribution in [-0.2, 0) is 17.8 Å². The van der Waals surface area contributed by atoms with Crippen LogP contribution in [-0.4, -0.2) is 80.8 Å². The molecule has 0 radical (unpaired) electrons. The van der Waals surface area contributed by atoms with E-state index in [1.807, 2.05) is 10.7 Å². The van der Waals surface area contributed by atoms with Crippen molar-refractivity contribution < 1.29 is 19.2 Å². The Balaban J connectivity index is 1.09. The van der Waals surface area contributed by atoms with Crippen molar-refractivity contribution in [1.29, 1.82) is 0 Å². The molecule has 172 valence electrons. The number of aromatic nitrogens is 2. The number of hydrogen-bond acceptors (Lipinski definition) is 5. The minimum atomic E-state index is -0.295. The molecule has 5 rings (SSSR count). The molecule has 4 amide bonds. The summed E-state index contributed by atoms with van der Waals surface area (Å²) in [5.74, 6) is -0.682. The molecule has 1 aromatic carbocycles. The average Bonchev–Trinajstić information content (AvgIpc) is 3.39. The topological polar surface area (TPSA) is 95.8 Å². The maximum absolute atomic E-state index is 12.8. The number of amides is 4. The van der Waals surface area contributed by atoms with E-state index in [1.54, 1.807) is 34.1 Å². The third-order valence-electron chi connectivity index (χ3n) is 6.71. The number of piperazine rings is 1. The van der Waals surface area contributed by atoms with E-state index in [2.05, 4.69) is 5.10 Å². The normalized spacial score (nSPS) is 17.9. The van der Waals surface area contributed by atoms with Crippen molar-refractivity contribution in [3.8, 4) is 0 Å². The summed E-state index contributed by atoms with van der Waals surface area (Å²) in [6.45, 7) is 3.00. The zero-order valence-electron chi connectivity index (χ0n) is 18.5. The number of carbonyl (C=O) groups is 4. The number of fused-ring (bicyclic) bond motifs is 2. The predicted octanol–water partition coefficient (Wildman–Crippen LogP) is 1.58. The lowest BCUT2D eigenvalue weighted by molar-refractivity contribution is -0.132. The molecular formula is C24H27N5O4. The highest BCUT2D eigenvalue weighted by Crippen LogP contribution is 2.23. The van der Waals surface area contributed by atoms with Gasteiger partial charge >= 0.3 is 0 Å². The summed E-state index contributed by atoms with van der Waals surface area (Å²) in [6, 6.07) is 8.68. The average molecular weight is 450 g/mol. The number of benzene rings is 1. The largest absolute Gasteiger partial charge is 0.339 e. The first-order chi connectivity index (χ1) is 16.0. The fourth-order valence-electron chi connectivity index (χ4n) is 4.83. The van der Waals surface area contributed by atoms with Gasteiger partial charge in [-0.15, -0.1) is 0 Å². The molecule has 1 aromatic heterocycles. The molecule has 3 aliphatic heterocycles. The minimum Gasteiger partial charge on any atom is -0.339 e. The van der Waals surface area contributed by atoms with Crippen molar-refractivity contribution in [2.75, 3.05) is 32.7 Å². The van der Waals surface area contributed by atoms with E-state index in [-0.39, 0.29) is 36.6 Å². The molecule has 0 spiro atoms. The molecule has 0 aliphatic carbocycles. The third-order valence-corrected chi connectivity index (χ3v) is 6.71. The molecule has 9 nitrogen and oxygen atoms in total. The number of rotatable bonds is 5.